The van der Waals surface area contributed by atoms with E-state index < -0.39 is 0 Å². The highest BCUT2D eigenvalue weighted by atomic mass is 79.9. The molecule has 0 spiro atoms. The summed E-state index contributed by atoms with van der Waals surface area (Å²) in [4.78, 5) is 0. The summed E-state index contributed by atoms with van der Waals surface area (Å²) in [5.41, 5.74) is 7.74. The molecule has 0 amide bonds. The molecule has 100 valence electrons. The first-order chi connectivity index (χ1) is 8.97. The number of benzene rings is 2. The van der Waals surface area contributed by atoms with E-state index in [1.54, 1.807) is 0 Å². The van der Waals surface area contributed by atoms with Gasteiger partial charge in [-0.3, -0.25) is 0 Å². The number of nitrogens with one attached hydrogen (secondary N) is 1. The lowest BCUT2D eigenvalue weighted by Crippen LogP contribution is -2.02. The van der Waals surface area contributed by atoms with Gasteiger partial charge in [-0.15, -0.1) is 0 Å². The van der Waals surface area contributed by atoms with Crippen LogP contribution in [0, 0.1) is 27.7 Å². The minimum Gasteiger partial charge on any atom is -0.380 e. The van der Waals surface area contributed by atoms with Crippen molar-refractivity contribution in [1.82, 2.24) is 0 Å². The Bertz CT molecular complexity index is 579. The number of rotatable bonds is 3. The molecule has 2 aromatic carbocycles. The Kier molecular flexibility index (Phi) is 4.31. The molecule has 2 heteroatoms. The van der Waals surface area contributed by atoms with Gasteiger partial charge < -0.3 is 5.32 Å². The quantitative estimate of drug-likeness (QED) is 0.810. The largest absolute Gasteiger partial charge is 0.380 e. The second-order valence-corrected chi connectivity index (χ2v) is 6.07. The second-order valence-electron chi connectivity index (χ2n) is 5.21. The van der Waals surface area contributed by atoms with Gasteiger partial charge in [-0.25, -0.2) is 0 Å². The van der Waals surface area contributed by atoms with E-state index in [1.807, 2.05) is 0 Å². The topological polar surface area (TPSA) is 12.0 Å². The highest BCUT2D eigenvalue weighted by molar-refractivity contribution is 9.10. The standard InChI is InChI=1S/C17H20BrN/c1-11-7-14(4)17(16(18)8-11)19-10-15-6-5-12(2)13(3)9-15/h5-9,19H,10H2,1-4H3. The van der Waals surface area contributed by atoms with Gasteiger partial charge in [-0.05, 0) is 77.5 Å². The Labute approximate surface area is 124 Å². The lowest BCUT2D eigenvalue weighted by molar-refractivity contribution is 1.12. The second kappa shape index (κ2) is 5.79. The van der Waals surface area contributed by atoms with E-state index in [-0.39, 0.29) is 0 Å². The lowest BCUT2D eigenvalue weighted by atomic mass is 10.1. The summed E-state index contributed by atoms with van der Waals surface area (Å²) >= 11 is 3.64. The molecule has 0 aliphatic heterocycles. The highest BCUT2D eigenvalue weighted by Crippen LogP contribution is 2.28. The fourth-order valence-corrected chi connectivity index (χ4v) is 3.06. The predicted octanol–water partition coefficient (Wildman–Crippen LogP) is 5.29. The lowest BCUT2D eigenvalue weighted by Gasteiger charge is -2.13. The average molecular weight is 318 g/mol. The van der Waals surface area contributed by atoms with Crippen molar-refractivity contribution in [3.05, 3.63) is 62.6 Å². The Morgan fingerprint density at radius 1 is 0.895 bits per heavy atom. The van der Waals surface area contributed by atoms with Crippen molar-refractivity contribution in [2.75, 3.05) is 5.32 Å². The third kappa shape index (κ3) is 3.38. The monoisotopic (exact) mass is 317 g/mol. The molecule has 19 heavy (non-hydrogen) atoms. The molecular weight excluding hydrogens is 298 g/mol. The van der Waals surface area contributed by atoms with Gasteiger partial charge in [0.1, 0.15) is 0 Å². The van der Waals surface area contributed by atoms with Crippen LogP contribution < -0.4 is 5.32 Å². The van der Waals surface area contributed by atoms with E-state index in [0.29, 0.717) is 0 Å². The Balaban J connectivity index is 2.16. The van der Waals surface area contributed by atoms with E-state index in [0.717, 1.165) is 11.0 Å². The molecule has 0 fully saturated rings. The first kappa shape index (κ1) is 14.1. The summed E-state index contributed by atoms with van der Waals surface area (Å²) in [6.07, 6.45) is 0. The fraction of sp³-hybridized carbons (Fsp3) is 0.294. The van der Waals surface area contributed by atoms with Crippen molar-refractivity contribution in [2.24, 2.45) is 0 Å². The van der Waals surface area contributed by atoms with Crippen molar-refractivity contribution in [2.45, 2.75) is 34.2 Å². The van der Waals surface area contributed by atoms with Crippen molar-refractivity contribution < 1.29 is 0 Å². The molecule has 0 atom stereocenters. The van der Waals surface area contributed by atoms with Gasteiger partial charge >= 0.3 is 0 Å². The predicted molar refractivity (Wildman–Crippen MR) is 86.9 cm³/mol. The van der Waals surface area contributed by atoms with Crippen molar-refractivity contribution in [1.29, 1.82) is 0 Å². The summed E-state index contributed by atoms with van der Waals surface area (Å²) in [6.45, 7) is 9.41. The fourth-order valence-electron chi connectivity index (χ4n) is 2.24. The summed E-state index contributed by atoms with van der Waals surface area (Å²) in [5, 5.41) is 3.52. The molecule has 0 bridgehead atoms. The van der Waals surface area contributed by atoms with Crippen LogP contribution in [0.5, 0.6) is 0 Å². The van der Waals surface area contributed by atoms with Gasteiger partial charge in [-0.2, -0.15) is 0 Å². The molecule has 2 rings (SSSR count). The van der Waals surface area contributed by atoms with E-state index in [4.69, 9.17) is 0 Å². The summed E-state index contributed by atoms with van der Waals surface area (Å²) in [5.74, 6) is 0. The molecule has 0 unspecified atom stereocenters. The number of halogens is 1. The summed E-state index contributed by atoms with van der Waals surface area (Å²) < 4.78 is 1.13. The normalized spacial score (nSPS) is 10.6. The van der Waals surface area contributed by atoms with Crippen molar-refractivity contribution >= 4 is 21.6 Å². The number of anilines is 1. The van der Waals surface area contributed by atoms with Crippen LogP contribution in [0.4, 0.5) is 5.69 Å². The van der Waals surface area contributed by atoms with Crippen LogP contribution in [-0.4, -0.2) is 0 Å². The van der Waals surface area contributed by atoms with Gasteiger partial charge in [0, 0.05) is 11.0 Å². The number of hydrogen-bond donors (Lipinski definition) is 1. The number of hydrogen-bond acceptors (Lipinski definition) is 1. The first-order valence-electron chi connectivity index (χ1n) is 6.54. The SMILES string of the molecule is Cc1cc(C)c(NCc2ccc(C)c(C)c2)c(Br)c1. The molecule has 0 aromatic heterocycles. The van der Waals surface area contributed by atoms with Gasteiger partial charge in [0.15, 0.2) is 0 Å². The van der Waals surface area contributed by atoms with E-state index in [2.05, 4.69) is 79.3 Å². The highest BCUT2D eigenvalue weighted by Gasteiger charge is 2.05. The van der Waals surface area contributed by atoms with Crippen LogP contribution >= 0.6 is 15.9 Å². The van der Waals surface area contributed by atoms with E-state index in [9.17, 15) is 0 Å². The molecule has 1 nitrogen and oxygen atoms in total. The Morgan fingerprint density at radius 3 is 2.26 bits per heavy atom. The third-order valence-electron chi connectivity index (χ3n) is 3.47. The van der Waals surface area contributed by atoms with E-state index in [1.165, 1.54) is 33.5 Å². The smallest absolute Gasteiger partial charge is 0.0517 e. The molecule has 0 radical (unpaired) electrons. The zero-order chi connectivity index (χ0) is 14.0. The molecule has 0 saturated heterocycles. The summed E-state index contributed by atoms with van der Waals surface area (Å²) in [7, 11) is 0. The molecule has 0 saturated carbocycles. The maximum atomic E-state index is 3.64. The van der Waals surface area contributed by atoms with Crippen molar-refractivity contribution in [3.63, 3.8) is 0 Å². The zero-order valence-electron chi connectivity index (χ0n) is 12.0. The molecule has 1 N–H and O–H groups in total. The van der Waals surface area contributed by atoms with Gasteiger partial charge in [0.05, 0.1) is 5.69 Å². The Hall–Kier alpha value is -1.28. The zero-order valence-corrected chi connectivity index (χ0v) is 13.6. The molecule has 0 heterocycles. The van der Waals surface area contributed by atoms with Crippen LogP contribution in [0.3, 0.4) is 0 Å². The van der Waals surface area contributed by atoms with Gasteiger partial charge in [0.25, 0.3) is 0 Å². The molecule has 2 aromatic rings. The maximum absolute atomic E-state index is 3.64. The van der Waals surface area contributed by atoms with Crippen LogP contribution in [0.1, 0.15) is 27.8 Å². The molecule has 0 aliphatic rings. The minimum absolute atomic E-state index is 0.851. The summed E-state index contributed by atoms with van der Waals surface area (Å²) in [6, 6.07) is 11.0. The van der Waals surface area contributed by atoms with Gasteiger partial charge in [0.2, 0.25) is 0 Å². The van der Waals surface area contributed by atoms with Gasteiger partial charge in [-0.1, -0.05) is 24.3 Å². The maximum Gasteiger partial charge on any atom is 0.0517 e. The van der Waals surface area contributed by atoms with Crippen LogP contribution in [0.25, 0.3) is 0 Å². The first-order valence-corrected chi connectivity index (χ1v) is 7.33. The van der Waals surface area contributed by atoms with Crippen LogP contribution in [0.15, 0.2) is 34.8 Å². The third-order valence-corrected chi connectivity index (χ3v) is 4.10. The molecular formula is C17H20BrN. The van der Waals surface area contributed by atoms with E-state index >= 15 is 0 Å². The minimum atomic E-state index is 0.851. The van der Waals surface area contributed by atoms with Crippen LogP contribution in [-0.2, 0) is 6.54 Å². The molecule has 0 aliphatic carbocycles. The Morgan fingerprint density at radius 2 is 1.63 bits per heavy atom. The van der Waals surface area contributed by atoms with Crippen LogP contribution in [0.2, 0.25) is 0 Å². The number of aryl methyl sites for hydroxylation is 4. The average Bonchev–Trinajstić information content (AvgIpc) is 2.32. The van der Waals surface area contributed by atoms with Crippen molar-refractivity contribution in [3.8, 4) is 0 Å².